The van der Waals surface area contributed by atoms with Crippen LogP contribution in [0.5, 0.6) is 11.5 Å². The Morgan fingerprint density at radius 1 is 1.06 bits per heavy atom. The number of ether oxygens (including phenoxy) is 2. The largest absolute Gasteiger partial charge is 0.493 e. The number of urea groups is 1. The Morgan fingerprint density at radius 3 is 2.61 bits per heavy atom. The van der Waals surface area contributed by atoms with Crippen molar-refractivity contribution in [3.05, 3.63) is 58.3 Å². The molecule has 1 aliphatic rings. The van der Waals surface area contributed by atoms with Crippen LogP contribution in [0.4, 0.5) is 20.6 Å². The van der Waals surface area contributed by atoms with Gasteiger partial charge in [-0.15, -0.1) is 10.2 Å². The van der Waals surface area contributed by atoms with Crippen LogP contribution in [-0.4, -0.2) is 47.8 Å². The Bertz CT molecular complexity index is 1170. The van der Waals surface area contributed by atoms with Gasteiger partial charge in [0, 0.05) is 24.0 Å². The van der Waals surface area contributed by atoms with Crippen molar-refractivity contribution >= 4 is 34.6 Å². The minimum atomic E-state index is -0.483. The summed E-state index contributed by atoms with van der Waals surface area (Å²) in [5.74, 6) is 0.135. The van der Waals surface area contributed by atoms with Crippen molar-refractivity contribution in [1.82, 2.24) is 15.1 Å². The van der Waals surface area contributed by atoms with Crippen LogP contribution in [0.25, 0.3) is 0 Å². The van der Waals surface area contributed by atoms with E-state index < -0.39 is 11.7 Å². The smallest absolute Gasteiger partial charge is 0.322 e. The van der Waals surface area contributed by atoms with Gasteiger partial charge in [-0.3, -0.25) is 4.79 Å². The van der Waals surface area contributed by atoms with Crippen LogP contribution >= 0.6 is 11.3 Å². The first-order valence-corrected chi connectivity index (χ1v) is 11.0. The maximum absolute atomic E-state index is 13.4. The van der Waals surface area contributed by atoms with Crippen LogP contribution < -0.4 is 20.1 Å². The Hall–Kier alpha value is -3.73. The highest BCUT2D eigenvalue weighted by atomic mass is 32.1. The summed E-state index contributed by atoms with van der Waals surface area (Å²) >= 11 is 1.11. The van der Waals surface area contributed by atoms with E-state index in [-0.39, 0.29) is 17.1 Å². The van der Waals surface area contributed by atoms with Crippen molar-refractivity contribution in [2.45, 2.75) is 18.9 Å². The highest BCUT2D eigenvalue weighted by Gasteiger charge is 2.33. The SMILES string of the molecule is COc1ccc(NC(=O)N2CCC[C@H]2c2nnc(C(=O)Nc3cccc(F)c3)s2)cc1OC. The summed E-state index contributed by atoms with van der Waals surface area (Å²) in [4.78, 5) is 27.1. The number of anilines is 2. The average molecular weight is 472 g/mol. The van der Waals surface area contributed by atoms with Gasteiger partial charge in [0.25, 0.3) is 5.91 Å². The molecular weight excluding hydrogens is 449 g/mol. The van der Waals surface area contributed by atoms with E-state index in [1.54, 1.807) is 36.3 Å². The Morgan fingerprint density at radius 2 is 1.85 bits per heavy atom. The van der Waals surface area contributed by atoms with Crippen LogP contribution in [0.1, 0.15) is 33.7 Å². The van der Waals surface area contributed by atoms with Crippen LogP contribution in [0.15, 0.2) is 42.5 Å². The van der Waals surface area contributed by atoms with Gasteiger partial charge in [-0.05, 0) is 43.2 Å². The lowest BCUT2D eigenvalue weighted by molar-refractivity contribution is 0.102. The minimum Gasteiger partial charge on any atom is -0.493 e. The molecule has 11 heteroatoms. The standard InChI is InChI=1S/C22H22FN5O4S/c1-31-17-9-8-15(12-18(17)32-2)25-22(30)28-10-4-7-16(28)20-26-27-21(33-20)19(29)24-14-6-3-5-13(23)11-14/h3,5-6,8-9,11-12,16H,4,7,10H2,1-2H3,(H,24,29)(H,25,30)/t16-/m0/s1. The molecule has 0 unspecified atom stereocenters. The van der Waals surface area contributed by atoms with Crippen molar-refractivity contribution in [3.8, 4) is 11.5 Å². The number of halogens is 1. The zero-order valence-electron chi connectivity index (χ0n) is 18.0. The van der Waals surface area contributed by atoms with Crippen molar-refractivity contribution in [2.75, 3.05) is 31.4 Å². The van der Waals surface area contributed by atoms with E-state index in [2.05, 4.69) is 20.8 Å². The van der Waals surface area contributed by atoms with Crippen LogP contribution in [0.2, 0.25) is 0 Å². The van der Waals surface area contributed by atoms with Gasteiger partial charge in [-0.2, -0.15) is 0 Å². The first kappa shape index (κ1) is 22.5. The highest BCUT2D eigenvalue weighted by Crippen LogP contribution is 2.35. The molecule has 1 aromatic heterocycles. The van der Waals surface area contributed by atoms with Crippen molar-refractivity contribution in [3.63, 3.8) is 0 Å². The first-order chi connectivity index (χ1) is 16.0. The molecule has 3 amide bonds. The molecule has 4 rings (SSSR count). The molecular formula is C22H22FN5O4S. The van der Waals surface area contributed by atoms with E-state index in [0.717, 1.165) is 17.8 Å². The van der Waals surface area contributed by atoms with Gasteiger partial charge in [0.2, 0.25) is 5.01 Å². The molecule has 0 bridgehead atoms. The summed E-state index contributed by atoms with van der Waals surface area (Å²) in [5, 5.41) is 14.3. The number of aromatic nitrogens is 2. The zero-order valence-corrected chi connectivity index (χ0v) is 18.8. The number of benzene rings is 2. The van der Waals surface area contributed by atoms with Crippen molar-refractivity contribution in [2.24, 2.45) is 0 Å². The molecule has 172 valence electrons. The van der Waals surface area contributed by atoms with Crippen molar-refractivity contribution in [1.29, 1.82) is 0 Å². The lowest BCUT2D eigenvalue weighted by atomic mass is 10.2. The third-order valence-corrected chi connectivity index (χ3v) is 6.17. The third kappa shape index (κ3) is 5.03. The molecule has 0 saturated carbocycles. The van der Waals surface area contributed by atoms with Crippen LogP contribution in [0, 0.1) is 5.82 Å². The van der Waals surface area contributed by atoms with E-state index in [1.165, 1.54) is 25.3 Å². The Kier molecular flexibility index (Phi) is 6.68. The predicted octanol–water partition coefficient (Wildman–Crippen LogP) is 4.32. The topological polar surface area (TPSA) is 106 Å². The number of carbonyl (C=O) groups is 2. The summed E-state index contributed by atoms with van der Waals surface area (Å²) in [6.07, 6.45) is 1.51. The second kappa shape index (κ2) is 9.82. The van der Waals surface area contributed by atoms with Gasteiger partial charge >= 0.3 is 6.03 Å². The maximum Gasteiger partial charge on any atom is 0.322 e. The molecule has 2 aromatic carbocycles. The number of nitrogens with one attached hydrogen (secondary N) is 2. The molecule has 2 N–H and O–H groups in total. The third-order valence-electron chi connectivity index (χ3n) is 5.15. The van der Waals surface area contributed by atoms with E-state index in [1.807, 2.05) is 0 Å². The number of hydrogen-bond acceptors (Lipinski definition) is 7. The number of nitrogens with zero attached hydrogens (tertiary/aromatic N) is 3. The second-order valence-corrected chi connectivity index (χ2v) is 8.27. The molecule has 1 aliphatic heterocycles. The molecule has 33 heavy (non-hydrogen) atoms. The van der Waals surface area contributed by atoms with Gasteiger partial charge in [0.15, 0.2) is 11.5 Å². The summed E-state index contributed by atoms with van der Waals surface area (Å²) in [6.45, 7) is 0.550. The minimum absolute atomic E-state index is 0.140. The van der Waals surface area contributed by atoms with Crippen LogP contribution in [0.3, 0.4) is 0 Å². The van der Waals surface area contributed by atoms with E-state index in [9.17, 15) is 14.0 Å². The fourth-order valence-corrected chi connectivity index (χ4v) is 4.47. The van der Waals surface area contributed by atoms with Crippen molar-refractivity contribution < 1.29 is 23.5 Å². The quantitative estimate of drug-likeness (QED) is 0.555. The molecule has 0 radical (unpaired) electrons. The lowest BCUT2D eigenvalue weighted by Crippen LogP contribution is -2.34. The molecule has 2 heterocycles. The number of amides is 3. The van der Waals surface area contributed by atoms with Gasteiger partial charge in [-0.25, -0.2) is 9.18 Å². The predicted molar refractivity (Wildman–Crippen MR) is 122 cm³/mol. The first-order valence-electron chi connectivity index (χ1n) is 10.2. The molecule has 9 nitrogen and oxygen atoms in total. The van der Waals surface area contributed by atoms with Gasteiger partial charge in [0.1, 0.15) is 10.8 Å². The lowest BCUT2D eigenvalue weighted by Gasteiger charge is -2.23. The molecule has 0 aliphatic carbocycles. The highest BCUT2D eigenvalue weighted by molar-refractivity contribution is 7.13. The number of carbonyl (C=O) groups excluding carboxylic acids is 2. The molecule has 1 saturated heterocycles. The molecule has 1 fully saturated rings. The summed E-state index contributed by atoms with van der Waals surface area (Å²) in [5.41, 5.74) is 0.893. The van der Waals surface area contributed by atoms with E-state index >= 15 is 0 Å². The fraction of sp³-hybridized carbons (Fsp3) is 0.273. The average Bonchev–Trinajstić information content (AvgIpc) is 3.48. The summed E-state index contributed by atoms with van der Waals surface area (Å²) in [7, 11) is 3.07. The number of likely N-dealkylation sites (tertiary alicyclic amines) is 1. The Labute approximate surface area is 193 Å². The number of hydrogen-bond donors (Lipinski definition) is 2. The summed E-state index contributed by atoms with van der Waals surface area (Å²) < 4.78 is 23.9. The normalized spacial score (nSPS) is 15.2. The van der Waals surface area contributed by atoms with Gasteiger partial charge < -0.3 is 25.0 Å². The molecule has 1 atom stereocenters. The molecule has 0 spiro atoms. The van der Waals surface area contributed by atoms with Gasteiger partial charge in [-0.1, -0.05) is 17.4 Å². The maximum atomic E-state index is 13.4. The number of rotatable bonds is 6. The van der Waals surface area contributed by atoms with Gasteiger partial charge in [0.05, 0.1) is 20.3 Å². The fourth-order valence-electron chi connectivity index (χ4n) is 3.59. The molecule has 3 aromatic rings. The van der Waals surface area contributed by atoms with E-state index in [4.69, 9.17) is 9.47 Å². The second-order valence-electron chi connectivity index (χ2n) is 7.26. The number of methoxy groups -OCH3 is 2. The monoisotopic (exact) mass is 471 g/mol. The Balaban J connectivity index is 1.44. The van der Waals surface area contributed by atoms with Crippen LogP contribution in [-0.2, 0) is 0 Å². The summed E-state index contributed by atoms with van der Waals surface area (Å²) in [6, 6.07) is 10.1. The zero-order chi connectivity index (χ0) is 23.4. The van der Waals surface area contributed by atoms with E-state index in [0.29, 0.717) is 40.8 Å².